The summed E-state index contributed by atoms with van der Waals surface area (Å²) in [5.41, 5.74) is -0.497. The molecule has 0 radical (unpaired) electrons. The van der Waals surface area contributed by atoms with Gasteiger partial charge in [0, 0.05) is 0 Å². The van der Waals surface area contributed by atoms with Crippen LogP contribution in [0.2, 0.25) is 0 Å². The predicted molar refractivity (Wildman–Crippen MR) is 72.1 cm³/mol. The Balaban J connectivity index is 2.18. The van der Waals surface area contributed by atoms with Crippen LogP contribution in [-0.4, -0.2) is 43.3 Å². The Hall–Kier alpha value is -0.800. The highest BCUT2D eigenvalue weighted by atomic mass is 19.4. The van der Waals surface area contributed by atoms with Crippen molar-refractivity contribution in [3.8, 4) is 6.07 Å². The summed E-state index contributed by atoms with van der Waals surface area (Å²) in [6.07, 6.45) is -1.00. The SMILES string of the molecule is CNC(C)(C#N)CCCCN1CCC(C(F)(F)F)CC1. The number of unbranched alkanes of at least 4 members (excludes halogenated alkanes) is 1. The molecule has 116 valence electrons. The van der Waals surface area contributed by atoms with E-state index in [-0.39, 0.29) is 12.8 Å². The molecule has 1 N–H and O–H groups in total. The molecular weight excluding hydrogens is 267 g/mol. The lowest BCUT2D eigenvalue weighted by atomic mass is 9.95. The molecule has 0 aromatic carbocycles. The Bertz CT molecular complexity index is 330. The van der Waals surface area contributed by atoms with Crippen LogP contribution in [-0.2, 0) is 0 Å². The van der Waals surface area contributed by atoms with E-state index >= 15 is 0 Å². The molecule has 6 heteroatoms. The summed E-state index contributed by atoms with van der Waals surface area (Å²) in [7, 11) is 1.77. The zero-order valence-corrected chi connectivity index (χ0v) is 12.3. The molecule has 0 aromatic rings. The number of hydrogen-bond acceptors (Lipinski definition) is 3. The van der Waals surface area contributed by atoms with Crippen molar-refractivity contribution in [2.45, 2.75) is 50.7 Å². The fourth-order valence-corrected chi connectivity index (χ4v) is 2.53. The fourth-order valence-electron chi connectivity index (χ4n) is 2.53. The van der Waals surface area contributed by atoms with E-state index in [1.54, 1.807) is 7.05 Å². The van der Waals surface area contributed by atoms with Gasteiger partial charge in [-0.25, -0.2) is 0 Å². The average Bonchev–Trinajstić information content (AvgIpc) is 2.43. The van der Waals surface area contributed by atoms with Crippen LogP contribution < -0.4 is 5.32 Å². The van der Waals surface area contributed by atoms with Crippen LogP contribution >= 0.6 is 0 Å². The van der Waals surface area contributed by atoms with Gasteiger partial charge in [0.2, 0.25) is 0 Å². The van der Waals surface area contributed by atoms with Crippen molar-refractivity contribution in [3.05, 3.63) is 0 Å². The highest BCUT2D eigenvalue weighted by Gasteiger charge is 2.40. The van der Waals surface area contributed by atoms with E-state index in [4.69, 9.17) is 5.26 Å². The molecule has 1 saturated heterocycles. The Labute approximate surface area is 119 Å². The van der Waals surface area contributed by atoms with Crippen LogP contribution in [0.25, 0.3) is 0 Å². The minimum absolute atomic E-state index is 0.218. The topological polar surface area (TPSA) is 39.1 Å². The number of alkyl halides is 3. The van der Waals surface area contributed by atoms with Gasteiger partial charge in [0.1, 0.15) is 5.54 Å². The standard InChI is InChI=1S/C14H24F3N3/c1-13(11-18,19-2)7-3-4-8-20-9-5-12(6-10-20)14(15,16)17/h12,19H,3-10H2,1-2H3. The Morgan fingerprint density at radius 3 is 2.30 bits per heavy atom. The quantitative estimate of drug-likeness (QED) is 0.765. The molecular formula is C14H24F3N3. The third-order valence-electron chi connectivity index (χ3n) is 4.25. The second-order valence-electron chi connectivity index (χ2n) is 5.81. The molecule has 1 fully saturated rings. The number of halogens is 3. The maximum absolute atomic E-state index is 12.5. The van der Waals surface area contributed by atoms with Gasteiger partial charge >= 0.3 is 6.18 Å². The molecule has 1 aliphatic rings. The van der Waals surface area contributed by atoms with Crippen molar-refractivity contribution in [1.82, 2.24) is 10.2 Å². The molecule has 3 nitrogen and oxygen atoms in total. The third kappa shape index (κ3) is 5.29. The van der Waals surface area contributed by atoms with Gasteiger partial charge in [0.15, 0.2) is 0 Å². The lowest BCUT2D eigenvalue weighted by Crippen LogP contribution is -2.40. The summed E-state index contributed by atoms with van der Waals surface area (Å²) in [6.45, 7) is 3.76. The van der Waals surface area contributed by atoms with Gasteiger partial charge < -0.3 is 10.2 Å². The minimum Gasteiger partial charge on any atom is -0.303 e. The normalized spacial score (nSPS) is 21.4. The Morgan fingerprint density at radius 1 is 1.25 bits per heavy atom. The van der Waals surface area contributed by atoms with Crippen molar-refractivity contribution >= 4 is 0 Å². The summed E-state index contributed by atoms with van der Waals surface area (Å²) < 4.78 is 37.6. The molecule has 0 bridgehead atoms. The maximum atomic E-state index is 12.5. The highest BCUT2D eigenvalue weighted by Crippen LogP contribution is 2.34. The Kier molecular flexibility index (Phi) is 6.28. The van der Waals surface area contributed by atoms with Crippen LogP contribution in [0.3, 0.4) is 0 Å². The first-order valence-corrected chi connectivity index (χ1v) is 7.20. The number of piperidine rings is 1. The molecule has 0 aliphatic carbocycles. The first kappa shape index (κ1) is 17.3. The van der Waals surface area contributed by atoms with E-state index in [2.05, 4.69) is 16.3 Å². The number of rotatable bonds is 6. The van der Waals surface area contributed by atoms with Crippen molar-refractivity contribution in [1.29, 1.82) is 5.26 Å². The number of nitriles is 1. The first-order valence-electron chi connectivity index (χ1n) is 7.20. The van der Waals surface area contributed by atoms with E-state index in [0.29, 0.717) is 13.1 Å². The number of hydrogen-bond donors (Lipinski definition) is 1. The van der Waals surface area contributed by atoms with E-state index in [1.165, 1.54) is 0 Å². The van der Waals surface area contributed by atoms with Gasteiger partial charge in [-0.3, -0.25) is 0 Å². The summed E-state index contributed by atoms with van der Waals surface area (Å²) in [6, 6.07) is 2.24. The molecule has 1 unspecified atom stereocenters. The maximum Gasteiger partial charge on any atom is 0.391 e. The first-order chi connectivity index (χ1) is 9.30. The van der Waals surface area contributed by atoms with Crippen molar-refractivity contribution in [2.24, 2.45) is 5.92 Å². The van der Waals surface area contributed by atoms with Crippen LogP contribution in [0.15, 0.2) is 0 Å². The Morgan fingerprint density at radius 2 is 1.85 bits per heavy atom. The monoisotopic (exact) mass is 291 g/mol. The fraction of sp³-hybridized carbons (Fsp3) is 0.929. The van der Waals surface area contributed by atoms with E-state index < -0.39 is 17.6 Å². The summed E-state index contributed by atoms with van der Waals surface area (Å²) in [5.74, 6) is -1.12. The van der Waals surface area contributed by atoms with Crippen LogP contribution in [0.1, 0.15) is 39.0 Å². The molecule has 1 heterocycles. The van der Waals surface area contributed by atoms with Gasteiger partial charge in [0.25, 0.3) is 0 Å². The summed E-state index contributed by atoms with van der Waals surface area (Å²) in [4.78, 5) is 2.10. The third-order valence-corrected chi connectivity index (χ3v) is 4.25. The van der Waals surface area contributed by atoms with E-state index in [9.17, 15) is 13.2 Å². The largest absolute Gasteiger partial charge is 0.391 e. The van der Waals surface area contributed by atoms with E-state index in [0.717, 1.165) is 25.8 Å². The second-order valence-corrected chi connectivity index (χ2v) is 5.81. The van der Waals surface area contributed by atoms with Crippen LogP contribution in [0.4, 0.5) is 13.2 Å². The van der Waals surface area contributed by atoms with Crippen LogP contribution in [0.5, 0.6) is 0 Å². The lowest BCUT2D eigenvalue weighted by Gasteiger charge is -2.33. The zero-order chi connectivity index (χ0) is 15.2. The number of nitrogens with one attached hydrogen (secondary N) is 1. The van der Waals surface area contributed by atoms with Gasteiger partial charge in [-0.05, 0) is 65.7 Å². The van der Waals surface area contributed by atoms with E-state index in [1.807, 2.05) is 6.92 Å². The van der Waals surface area contributed by atoms with Crippen molar-refractivity contribution < 1.29 is 13.2 Å². The molecule has 0 amide bonds. The van der Waals surface area contributed by atoms with Crippen LogP contribution in [0, 0.1) is 17.2 Å². The zero-order valence-electron chi connectivity index (χ0n) is 12.3. The minimum atomic E-state index is -4.03. The summed E-state index contributed by atoms with van der Waals surface area (Å²) in [5, 5.41) is 12.0. The van der Waals surface area contributed by atoms with Crippen molar-refractivity contribution in [3.63, 3.8) is 0 Å². The molecule has 1 aliphatic heterocycles. The number of nitrogens with zero attached hydrogens (tertiary/aromatic N) is 2. The smallest absolute Gasteiger partial charge is 0.303 e. The molecule has 0 spiro atoms. The van der Waals surface area contributed by atoms with Gasteiger partial charge in [-0.1, -0.05) is 0 Å². The molecule has 20 heavy (non-hydrogen) atoms. The molecule has 0 aromatic heterocycles. The van der Waals surface area contributed by atoms with Gasteiger partial charge in [-0.15, -0.1) is 0 Å². The second kappa shape index (κ2) is 7.28. The predicted octanol–water partition coefficient (Wildman–Crippen LogP) is 2.93. The van der Waals surface area contributed by atoms with Crippen molar-refractivity contribution in [2.75, 3.05) is 26.7 Å². The number of likely N-dealkylation sites (tertiary alicyclic amines) is 1. The average molecular weight is 291 g/mol. The molecule has 0 saturated carbocycles. The highest BCUT2D eigenvalue weighted by molar-refractivity contribution is 5.02. The lowest BCUT2D eigenvalue weighted by molar-refractivity contribution is -0.185. The van der Waals surface area contributed by atoms with Gasteiger partial charge in [-0.2, -0.15) is 18.4 Å². The molecule has 1 rings (SSSR count). The van der Waals surface area contributed by atoms with Gasteiger partial charge in [0.05, 0.1) is 12.0 Å². The molecule has 1 atom stereocenters. The summed E-state index contributed by atoms with van der Waals surface area (Å²) >= 11 is 0.